The van der Waals surface area contributed by atoms with Crippen molar-refractivity contribution in [3.05, 3.63) is 35.3 Å². The van der Waals surface area contributed by atoms with Crippen LogP contribution in [0.25, 0.3) is 10.9 Å². The highest BCUT2D eigenvalue weighted by molar-refractivity contribution is 5.81. The second kappa shape index (κ2) is 2.58. The van der Waals surface area contributed by atoms with Gasteiger partial charge in [-0.2, -0.15) is 0 Å². The van der Waals surface area contributed by atoms with Gasteiger partial charge in [-0.05, 0) is 17.1 Å². The van der Waals surface area contributed by atoms with Crippen molar-refractivity contribution in [3.63, 3.8) is 0 Å². The third kappa shape index (κ3) is 1.07. The average molecular weight is 176 g/mol. The van der Waals surface area contributed by atoms with Crippen LogP contribution in [0, 0.1) is 12.1 Å². The highest BCUT2D eigenvalue weighted by atomic mass is 16.5. The molecule has 0 unspecified atom stereocenters. The number of nitrogens with zero attached hydrogens (tertiary/aromatic N) is 2. The fourth-order valence-corrected chi connectivity index (χ4v) is 1.24. The van der Waals surface area contributed by atoms with Gasteiger partial charge in [-0.1, -0.05) is 12.1 Å². The highest BCUT2D eigenvalue weighted by Gasteiger charge is 2.12. The minimum Gasteiger partial charge on any atom is -0.708 e. The zero-order valence-electron chi connectivity index (χ0n) is 7.06. The van der Waals surface area contributed by atoms with E-state index in [9.17, 15) is 10.3 Å². The van der Waals surface area contributed by atoms with Crippen molar-refractivity contribution < 1.29 is 9.84 Å². The molecule has 2 rings (SSSR count). The van der Waals surface area contributed by atoms with Crippen LogP contribution in [0.1, 0.15) is 5.82 Å². The SMILES string of the molecule is Cc1nc2ccccc2c(O)[n+]1[O-]. The molecule has 1 aromatic carbocycles. The van der Waals surface area contributed by atoms with Crippen LogP contribution in [-0.2, 0) is 0 Å². The van der Waals surface area contributed by atoms with Crippen LogP contribution < -0.4 is 4.73 Å². The molecule has 0 aliphatic carbocycles. The number of rotatable bonds is 0. The molecule has 1 heterocycles. The summed E-state index contributed by atoms with van der Waals surface area (Å²) in [6, 6.07) is 6.97. The van der Waals surface area contributed by atoms with E-state index >= 15 is 0 Å². The van der Waals surface area contributed by atoms with Gasteiger partial charge in [0.1, 0.15) is 5.39 Å². The Morgan fingerprint density at radius 3 is 2.85 bits per heavy atom. The Kier molecular flexibility index (Phi) is 1.55. The summed E-state index contributed by atoms with van der Waals surface area (Å²) in [6.07, 6.45) is 0. The molecule has 4 heteroatoms. The molecule has 0 fully saturated rings. The van der Waals surface area contributed by atoms with Crippen molar-refractivity contribution in [2.75, 3.05) is 0 Å². The fourth-order valence-electron chi connectivity index (χ4n) is 1.24. The van der Waals surface area contributed by atoms with Gasteiger partial charge in [0, 0.05) is 6.92 Å². The van der Waals surface area contributed by atoms with E-state index in [1.165, 1.54) is 0 Å². The van der Waals surface area contributed by atoms with Crippen molar-refractivity contribution in [1.82, 2.24) is 4.98 Å². The molecule has 4 nitrogen and oxygen atoms in total. The Hall–Kier alpha value is -1.84. The summed E-state index contributed by atoms with van der Waals surface area (Å²) in [5.74, 6) is -0.0423. The van der Waals surface area contributed by atoms with Crippen molar-refractivity contribution in [2.24, 2.45) is 0 Å². The summed E-state index contributed by atoms with van der Waals surface area (Å²) >= 11 is 0. The lowest BCUT2D eigenvalue weighted by atomic mass is 10.2. The Morgan fingerprint density at radius 2 is 2.08 bits per heavy atom. The maximum atomic E-state index is 11.2. The number of hydrogen-bond donors (Lipinski definition) is 1. The molecule has 1 N–H and O–H groups in total. The molecule has 0 aliphatic heterocycles. The summed E-state index contributed by atoms with van der Waals surface area (Å²) in [5.41, 5.74) is 0.629. The molecule has 0 amide bonds. The van der Waals surface area contributed by atoms with Gasteiger partial charge in [0.2, 0.25) is 0 Å². The molecule has 0 atom stereocenters. The van der Waals surface area contributed by atoms with Crippen molar-refractivity contribution >= 4 is 10.9 Å². The van der Waals surface area contributed by atoms with E-state index in [-0.39, 0.29) is 11.7 Å². The van der Waals surface area contributed by atoms with Gasteiger partial charge >= 0.3 is 5.82 Å². The minimum absolute atomic E-state index is 0.246. The molecule has 0 radical (unpaired) electrons. The molecule has 1 aromatic heterocycles. The lowest BCUT2D eigenvalue weighted by Gasteiger charge is -2.06. The number of aryl methyl sites for hydroxylation is 1. The standard InChI is InChI=1S/C9H8N2O2/c1-6-10-8-5-3-2-4-7(8)9(12)11(6)13/h2-5,12H,1H3. The maximum absolute atomic E-state index is 11.2. The number of benzene rings is 1. The molecule has 0 bridgehead atoms. The van der Waals surface area contributed by atoms with E-state index < -0.39 is 0 Å². The van der Waals surface area contributed by atoms with Crippen LogP contribution in [0.3, 0.4) is 0 Å². The highest BCUT2D eigenvalue weighted by Crippen LogP contribution is 2.18. The third-order valence-corrected chi connectivity index (χ3v) is 1.91. The quantitative estimate of drug-likeness (QED) is 0.479. The van der Waals surface area contributed by atoms with E-state index in [1.807, 2.05) is 6.07 Å². The molecule has 0 aliphatic rings. The summed E-state index contributed by atoms with van der Waals surface area (Å²) < 4.78 is 0.419. The number of para-hydroxylation sites is 1. The second-order valence-corrected chi connectivity index (χ2v) is 2.79. The Bertz CT molecular complexity index is 468. The molecular weight excluding hydrogens is 168 g/mol. The smallest absolute Gasteiger partial charge is 0.301 e. The predicted molar refractivity (Wildman–Crippen MR) is 47.1 cm³/mol. The van der Waals surface area contributed by atoms with Gasteiger partial charge in [0.25, 0.3) is 5.88 Å². The summed E-state index contributed by atoms with van der Waals surface area (Å²) in [6.45, 7) is 1.55. The zero-order chi connectivity index (χ0) is 9.42. The van der Waals surface area contributed by atoms with E-state index in [2.05, 4.69) is 4.98 Å². The molecule has 0 saturated heterocycles. The Labute approximate surface area is 74.7 Å². The van der Waals surface area contributed by atoms with Crippen LogP contribution in [0.4, 0.5) is 0 Å². The van der Waals surface area contributed by atoms with Gasteiger partial charge in [-0.15, -0.1) is 0 Å². The number of fused-ring (bicyclic) bond motifs is 1. The monoisotopic (exact) mass is 176 g/mol. The Morgan fingerprint density at radius 1 is 1.38 bits per heavy atom. The van der Waals surface area contributed by atoms with Crippen molar-refractivity contribution in [3.8, 4) is 5.88 Å². The molecule has 2 aromatic rings. The zero-order valence-corrected chi connectivity index (χ0v) is 7.06. The van der Waals surface area contributed by atoms with Gasteiger partial charge in [-0.3, -0.25) is 0 Å². The van der Waals surface area contributed by atoms with E-state index in [0.29, 0.717) is 15.6 Å². The largest absolute Gasteiger partial charge is 0.708 e. The first-order valence-electron chi connectivity index (χ1n) is 3.88. The summed E-state index contributed by atoms with van der Waals surface area (Å²) in [7, 11) is 0. The number of aromatic hydroxyl groups is 1. The van der Waals surface area contributed by atoms with Crippen LogP contribution in [0.5, 0.6) is 5.88 Å². The van der Waals surface area contributed by atoms with E-state index in [0.717, 1.165) is 0 Å². The molecule has 0 saturated carbocycles. The van der Waals surface area contributed by atoms with E-state index in [4.69, 9.17) is 0 Å². The van der Waals surface area contributed by atoms with Gasteiger partial charge < -0.3 is 10.3 Å². The average Bonchev–Trinajstić information content (AvgIpc) is 2.15. The first-order valence-corrected chi connectivity index (χ1v) is 3.88. The molecule has 66 valence electrons. The van der Waals surface area contributed by atoms with E-state index in [1.54, 1.807) is 25.1 Å². The number of hydrogen-bond acceptors (Lipinski definition) is 3. The maximum Gasteiger partial charge on any atom is 0.301 e. The van der Waals surface area contributed by atoms with Crippen LogP contribution >= 0.6 is 0 Å². The van der Waals surface area contributed by atoms with Crippen LogP contribution in [-0.4, -0.2) is 10.1 Å². The number of aromatic nitrogens is 2. The van der Waals surface area contributed by atoms with Gasteiger partial charge in [0.15, 0.2) is 5.52 Å². The van der Waals surface area contributed by atoms with Crippen molar-refractivity contribution in [2.45, 2.75) is 6.92 Å². The third-order valence-electron chi connectivity index (χ3n) is 1.91. The minimum atomic E-state index is -0.289. The summed E-state index contributed by atoms with van der Waals surface area (Å²) in [5, 5.41) is 21.1. The van der Waals surface area contributed by atoms with Gasteiger partial charge in [0.05, 0.1) is 0 Å². The fraction of sp³-hybridized carbons (Fsp3) is 0.111. The second-order valence-electron chi connectivity index (χ2n) is 2.79. The van der Waals surface area contributed by atoms with Crippen LogP contribution in [0.2, 0.25) is 0 Å². The molecule has 13 heavy (non-hydrogen) atoms. The Balaban J connectivity index is 2.94. The first-order chi connectivity index (χ1) is 6.20. The van der Waals surface area contributed by atoms with Crippen molar-refractivity contribution in [1.29, 1.82) is 0 Å². The topological polar surface area (TPSA) is 60.1 Å². The lowest BCUT2D eigenvalue weighted by Crippen LogP contribution is -2.31. The lowest BCUT2D eigenvalue weighted by molar-refractivity contribution is -0.621. The van der Waals surface area contributed by atoms with Crippen LogP contribution in [0.15, 0.2) is 24.3 Å². The molecular formula is C9H8N2O2. The normalized spacial score (nSPS) is 10.5. The first kappa shape index (κ1) is 7.79. The summed E-state index contributed by atoms with van der Waals surface area (Å²) in [4.78, 5) is 4.03. The molecule has 0 spiro atoms. The van der Waals surface area contributed by atoms with Gasteiger partial charge in [-0.25, -0.2) is 4.73 Å². The predicted octanol–water partition coefficient (Wildman–Crippen LogP) is 0.882.